The summed E-state index contributed by atoms with van der Waals surface area (Å²) in [5.41, 5.74) is 5.33. The summed E-state index contributed by atoms with van der Waals surface area (Å²) in [4.78, 5) is 1.77. The van der Waals surface area contributed by atoms with Crippen molar-refractivity contribution in [3.05, 3.63) is 102 Å². The number of fused-ring (bicyclic) bond motifs is 1. The van der Waals surface area contributed by atoms with Crippen LogP contribution in [0.3, 0.4) is 0 Å². The zero-order chi connectivity index (χ0) is 28.2. The number of para-hydroxylation sites is 1. The van der Waals surface area contributed by atoms with Crippen molar-refractivity contribution in [3.63, 3.8) is 0 Å². The van der Waals surface area contributed by atoms with Crippen molar-refractivity contribution in [2.45, 2.75) is 80.1 Å². The Balaban J connectivity index is 1.95. The molecule has 206 valence electrons. The summed E-state index contributed by atoms with van der Waals surface area (Å²) in [5, 5.41) is 16.8. The van der Waals surface area contributed by atoms with Crippen molar-refractivity contribution >= 4 is 28.6 Å². The van der Waals surface area contributed by atoms with Crippen LogP contribution >= 0.6 is 7.04 Å². The number of rotatable bonds is 6. The molecular formula is C36H46NOP. The van der Waals surface area contributed by atoms with E-state index in [0.717, 1.165) is 12.1 Å². The molecule has 0 spiro atoms. The Bertz CT molecular complexity index is 1360. The molecule has 1 fully saturated rings. The third-order valence-corrected chi connectivity index (χ3v) is 13.2. The van der Waals surface area contributed by atoms with Gasteiger partial charge in [0.15, 0.2) is 0 Å². The van der Waals surface area contributed by atoms with Crippen LogP contribution in [0, 0.1) is 16.7 Å². The molecule has 39 heavy (non-hydrogen) atoms. The van der Waals surface area contributed by atoms with Crippen molar-refractivity contribution in [2.24, 2.45) is 16.7 Å². The van der Waals surface area contributed by atoms with Crippen molar-refractivity contribution in [1.82, 2.24) is 0 Å². The summed E-state index contributed by atoms with van der Waals surface area (Å²) in [6.45, 7) is 18.7. The Labute approximate surface area is 236 Å². The first-order valence-electron chi connectivity index (χ1n) is 14.6. The molecule has 0 bridgehead atoms. The molecule has 0 radical (unpaired) electrons. The van der Waals surface area contributed by atoms with Crippen LogP contribution in [0.15, 0.2) is 90.5 Å². The van der Waals surface area contributed by atoms with Gasteiger partial charge in [-0.1, -0.05) is 146 Å². The molecule has 0 saturated heterocycles. The van der Waals surface area contributed by atoms with Crippen LogP contribution in [0.5, 0.6) is 0 Å². The standard InChI is InChI=1S/C36H46NOP/c1-25(2)30-20-15-21-31(26(3)4)34(30)37(38)39(27-16-11-9-12-17-27,28-18-13-10-14-19-28)29-22-32-33(23-29)36(7,8)24-35(32,5)6/h9-22,25-26,33,38H,23-24H2,1-8H3. The topological polar surface area (TPSA) is 23.5 Å². The molecule has 2 aliphatic rings. The molecule has 1 atom stereocenters. The van der Waals surface area contributed by atoms with Gasteiger partial charge >= 0.3 is 0 Å². The normalized spacial score (nSPS) is 19.9. The lowest BCUT2D eigenvalue weighted by Crippen LogP contribution is -2.35. The van der Waals surface area contributed by atoms with E-state index in [1.54, 1.807) is 10.4 Å². The van der Waals surface area contributed by atoms with Gasteiger partial charge in [0.1, 0.15) is 0 Å². The molecule has 0 amide bonds. The summed E-state index contributed by atoms with van der Waals surface area (Å²) in [6.07, 6.45) is 4.72. The number of hydrogen-bond donors (Lipinski definition) is 1. The van der Waals surface area contributed by atoms with E-state index in [2.05, 4.69) is 140 Å². The van der Waals surface area contributed by atoms with Gasteiger partial charge in [-0.3, -0.25) is 5.21 Å². The average molecular weight is 540 g/mol. The zero-order valence-electron chi connectivity index (χ0n) is 25.1. The fourth-order valence-corrected chi connectivity index (χ4v) is 11.8. The van der Waals surface area contributed by atoms with E-state index >= 15 is 0 Å². The molecule has 3 aromatic carbocycles. The molecule has 3 aromatic rings. The largest absolute Gasteiger partial charge is 0.284 e. The predicted octanol–water partition coefficient (Wildman–Crippen LogP) is 9.29. The van der Waals surface area contributed by atoms with Crippen LogP contribution in [0.25, 0.3) is 0 Å². The Morgan fingerprint density at radius 3 is 1.67 bits per heavy atom. The van der Waals surface area contributed by atoms with E-state index in [0.29, 0.717) is 5.92 Å². The van der Waals surface area contributed by atoms with Gasteiger partial charge in [-0.15, -0.1) is 0 Å². The number of allylic oxidation sites excluding steroid dienone is 2. The summed E-state index contributed by atoms with van der Waals surface area (Å²) >= 11 is 0. The van der Waals surface area contributed by atoms with E-state index in [-0.39, 0.29) is 22.7 Å². The number of nitrogens with zero attached hydrogens (tertiary/aromatic N) is 1. The van der Waals surface area contributed by atoms with Crippen LogP contribution in [0.2, 0.25) is 0 Å². The van der Waals surface area contributed by atoms with Gasteiger partial charge < -0.3 is 0 Å². The van der Waals surface area contributed by atoms with Gasteiger partial charge in [-0.05, 0) is 57.8 Å². The fraction of sp³-hybridized carbons (Fsp3) is 0.417. The number of anilines is 1. The first kappa shape index (κ1) is 28.0. The van der Waals surface area contributed by atoms with Crippen molar-refractivity contribution < 1.29 is 5.21 Å². The third-order valence-electron chi connectivity index (χ3n) is 9.24. The highest BCUT2D eigenvalue weighted by molar-refractivity contribution is 7.90. The highest BCUT2D eigenvalue weighted by Crippen LogP contribution is 2.64. The quantitative estimate of drug-likeness (QED) is 0.249. The second kappa shape index (κ2) is 10.1. The highest BCUT2D eigenvalue weighted by Gasteiger charge is 2.52. The maximum atomic E-state index is 13.0. The molecular weight excluding hydrogens is 493 g/mol. The lowest BCUT2D eigenvalue weighted by Gasteiger charge is -2.41. The minimum absolute atomic E-state index is 0.151. The molecule has 2 aliphatic carbocycles. The maximum absolute atomic E-state index is 13.0. The zero-order valence-corrected chi connectivity index (χ0v) is 26.0. The molecule has 5 rings (SSSR count). The van der Waals surface area contributed by atoms with Crippen LogP contribution < -0.4 is 15.4 Å². The maximum Gasteiger partial charge on any atom is 0.0750 e. The van der Waals surface area contributed by atoms with Gasteiger partial charge in [-0.25, -0.2) is 4.83 Å². The van der Waals surface area contributed by atoms with E-state index in [1.165, 1.54) is 33.5 Å². The lowest BCUT2D eigenvalue weighted by atomic mass is 9.80. The number of benzene rings is 3. The molecule has 0 aliphatic heterocycles. The summed E-state index contributed by atoms with van der Waals surface area (Å²) < 4.78 is 0. The molecule has 0 aromatic heterocycles. The van der Waals surface area contributed by atoms with Gasteiger partial charge in [0.05, 0.1) is 12.7 Å². The van der Waals surface area contributed by atoms with Gasteiger partial charge in [-0.2, -0.15) is 0 Å². The Kier molecular flexibility index (Phi) is 7.28. The van der Waals surface area contributed by atoms with E-state index in [9.17, 15) is 5.21 Å². The first-order valence-corrected chi connectivity index (χ1v) is 16.4. The average Bonchev–Trinajstić information content (AvgIpc) is 3.43. The van der Waals surface area contributed by atoms with Gasteiger partial charge in [0.2, 0.25) is 0 Å². The van der Waals surface area contributed by atoms with Gasteiger partial charge in [0.25, 0.3) is 0 Å². The minimum Gasteiger partial charge on any atom is -0.284 e. The Morgan fingerprint density at radius 1 is 0.744 bits per heavy atom. The van der Waals surface area contributed by atoms with Crippen LogP contribution in [0.1, 0.15) is 91.2 Å². The molecule has 1 saturated carbocycles. The summed E-state index contributed by atoms with van der Waals surface area (Å²) in [5.74, 6) is 1.06. The van der Waals surface area contributed by atoms with Crippen LogP contribution in [0.4, 0.5) is 5.69 Å². The lowest BCUT2D eigenvalue weighted by molar-refractivity contribution is 0.261. The van der Waals surface area contributed by atoms with Crippen molar-refractivity contribution in [2.75, 3.05) is 4.83 Å². The van der Waals surface area contributed by atoms with Crippen LogP contribution in [-0.2, 0) is 0 Å². The molecule has 1 unspecified atom stereocenters. The molecule has 3 heteroatoms. The van der Waals surface area contributed by atoms with Crippen molar-refractivity contribution in [3.8, 4) is 0 Å². The van der Waals surface area contributed by atoms with E-state index in [4.69, 9.17) is 0 Å². The highest BCUT2D eigenvalue weighted by atomic mass is 31.2. The minimum atomic E-state index is -2.63. The summed E-state index contributed by atoms with van der Waals surface area (Å²) in [6, 6.07) is 28.3. The van der Waals surface area contributed by atoms with E-state index in [1.807, 2.05) is 0 Å². The predicted molar refractivity (Wildman–Crippen MR) is 171 cm³/mol. The Hall–Kier alpha value is -2.54. The van der Waals surface area contributed by atoms with Gasteiger partial charge in [0, 0.05) is 10.6 Å². The van der Waals surface area contributed by atoms with E-state index < -0.39 is 7.04 Å². The molecule has 1 N–H and O–H groups in total. The first-order chi connectivity index (χ1) is 18.4. The Morgan fingerprint density at radius 2 is 1.23 bits per heavy atom. The number of hydrogen-bond acceptors (Lipinski definition) is 2. The monoisotopic (exact) mass is 539 g/mol. The third kappa shape index (κ3) is 4.55. The SMILES string of the molecule is CC(C)c1cccc(C(C)C)c1N(O)P(=C1C=C2C(C1)C(C)(C)CC2(C)C)(c1ccccc1)c1ccccc1. The second-order valence-electron chi connectivity index (χ2n) is 13.6. The van der Waals surface area contributed by atoms with Crippen LogP contribution in [-0.4, -0.2) is 10.5 Å². The fourth-order valence-electron chi connectivity index (χ4n) is 7.61. The molecule has 0 heterocycles. The second-order valence-corrected chi connectivity index (χ2v) is 16.8. The summed E-state index contributed by atoms with van der Waals surface area (Å²) in [7, 11) is -2.63. The molecule has 2 nitrogen and oxygen atoms in total. The van der Waals surface area contributed by atoms with Crippen molar-refractivity contribution in [1.29, 1.82) is 0 Å². The smallest absolute Gasteiger partial charge is 0.0750 e.